The average Bonchev–Trinajstić information content (AvgIpc) is 3.00. The Balaban J connectivity index is 1.86. The Hall–Kier alpha value is -3.07. The van der Waals surface area contributed by atoms with E-state index in [-0.39, 0.29) is 11.6 Å². The molecule has 0 amide bonds. The van der Waals surface area contributed by atoms with Gasteiger partial charge in [-0.25, -0.2) is 9.07 Å². The van der Waals surface area contributed by atoms with Crippen molar-refractivity contribution in [1.29, 1.82) is 0 Å². The number of hydrogen-bond donors (Lipinski definition) is 0. The van der Waals surface area contributed by atoms with Crippen LogP contribution in [-0.2, 0) is 6.54 Å². The highest BCUT2D eigenvalue weighted by atomic mass is 35.5. The molecule has 2 heterocycles. The summed E-state index contributed by atoms with van der Waals surface area (Å²) in [6.45, 7) is 0.177. The first-order chi connectivity index (χ1) is 11.4. The second-order valence-corrected chi connectivity index (χ2v) is 5.28. The molecule has 10 heteroatoms. The molecule has 0 radical (unpaired) electrons. The lowest BCUT2D eigenvalue weighted by Crippen LogP contribution is -2.11. The van der Waals surface area contributed by atoms with Gasteiger partial charge in [-0.15, -0.1) is 5.10 Å². The third-order valence-corrected chi connectivity index (χ3v) is 3.50. The van der Waals surface area contributed by atoms with E-state index in [1.54, 1.807) is 6.20 Å². The molecule has 24 heavy (non-hydrogen) atoms. The summed E-state index contributed by atoms with van der Waals surface area (Å²) in [5.74, 6) is -0.540. The fourth-order valence-electron chi connectivity index (χ4n) is 2.06. The second kappa shape index (κ2) is 6.20. The third kappa shape index (κ3) is 3.15. The van der Waals surface area contributed by atoms with Gasteiger partial charge in [-0.3, -0.25) is 14.9 Å². The minimum Gasteiger partial charge on any atom is -0.342 e. The molecule has 0 saturated heterocycles. The normalized spacial score (nSPS) is 10.8. The van der Waals surface area contributed by atoms with E-state index in [1.807, 2.05) is 0 Å². The largest absolute Gasteiger partial charge is 0.342 e. The number of hydrogen-bond acceptors (Lipinski definition) is 5. The Morgan fingerprint density at radius 1 is 1.29 bits per heavy atom. The lowest BCUT2D eigenvalue weighted by molar-refractivity contribution is -0.386. The van der Waals surface area contributed by atoms with Crippen LogP contribution in [0, 0.1) is 15.9 Å². The van der Waals surface area contributed by atoms with Gasteiger partial charge in [0, 0.05) is 12.3 Å². The summed E-state index contributed by atoms with van der Waals surface area (Å²) in [7, 11) is 0. The van der Waals surface area contributed by atoms with Crippen LogP contribution in [0.4, 0.5) is 10.1 Å². The van der Waals surface area contributed by atoms with Gasteiger partial charge < -0.3 is 4.57 Å². The molecule has 3 aromatic rings. The molecule has 0 aliphatic carbocycles. The van der Waals surface area contributed by atoms with E-state index in [9.17, 15) is 19.3 Å². The molecule has 0 N–H and O–H groups in total. The fraction of sp³-hybridized carbons (Fsp3) is 0.0714. The summed E-state index contributed by atoms with van der Waals surface area (Å²) in [6.07, 6.45) is 4.13. The zero-order valence-electron chi connectivity index (χ0n) is 12.0. The van der Waals surface area contributed by atoms with Crippen LogP contribution in [0.2, 0.25) is 5.02 Å². The van der Waals surface area contributed by atoms with E-state index in [2.05, 4.69) is 10.3 Å². The van der Waals surface area contributed by atoms with Crippen molar-refractivity contribution in [3.8, 4) is 5.69 Å². The maximum atomic E-state index is 13.2. The van der Waals surface area contributed by atoms with Crippen molar-refractivity contribution in [3.63, 3.8) is 0 Å². The van der Waals surface area contributed by atoms with Crippen molar-refractivity contribution in [1.82, 2.24) is 19.6 Å². The van der Waals surface area contributed by atoms with E-state index in [1.165, 1.54) is 33.6 Å². The lowest BCUT2D eigenvalue weighted by atomic mass is 10.3. The molecule has 1 aromatic carbocycles. The Bertz CT molecular complexity index is 985. The summed E-state index contributed by atoms with van der Waals surface area (Å²) in [6, 6.07) is 5.22. The summed E-state index contributed by atoms with van der Waals surface area (Å²) in [5.41, 5.74) is -0.171. The number of nitro groups is 1. The number of rotatable bonds is 4. The van der Waals surface area contributed by atoms with E-state index >= 15 is 0 Å². The molecular formula is C14H9ClFN5O3. The molecule has 0 unspecified atom stereocenters. The average molecular weight is 350 g/mol. The van der Waals surface area contributed by atoms with Gasteiger partial charge >= 0.3 is 5.69 Å². The highest BCUT2D eigenvalue weighted by Crippen LogP contribution is 2.18. The van der Waals surface area contributed by atoms with Crippen LogP contribution in [0.15, 0.2) is 47.7 Å². The van der Waals surface area contributed by atoms with Crippen molar-refractivity contribution in [2.45, 2.75) is 6.54 Å². The van der Waals surface area contributed by atoms with Crippen LogP contribution in [-0.4, -0.2) is 24.5 Å². The lowest BCUT2D eigenvalue weighted by Gasteiger charge is -2.03. The minimum absolute atomic E-state index is 0.0411. The van der Waals surface area contributed by atoms with Crippen molar-refractivity contribution in [3.05, 3.63) is 79.7 Å². The van der Waals surface area contributed by atoms with Gasteiger partial charge in [0.2, 0.25) is 0 Å². The molecule has 0 bridgehead atoms. The number of aromatic nitrogens is 4. The predicted molar refractivity (Wildman–Crippen MR) is 82.8 cm³/mol. The topological polar surface area (TPSA) is 95.8 Å². The van der Waals surface area contributed by atoms with E-state index in [0.717, 1.165) is 12.3 Å². The molecular weight excluding hydrogens is 341 g/mol. The molecule has 8 nitrogen and oxygen atoms in total. The molecule has 0 spiro atoms. The molecule has 122 valence electrons. The summed E-state index contributed by atoms with van der Waals surface area (Å²) in [4.78, 5) is 21.4. The van der Waals surface area contributed by atoms with Crippen molar-refractivity contribution in [2.75, 3.05) is 0 Å². The Morgan fingerprint density at radius 3 is 2.79 bits per heavy atom. The smallest absolute Gasteiger partial charge is 0.332 e. The van der Waals surface area contributed by atoms with Gasteiger partial charge in [-0.2, -0.15) is 0 Å². The zero-order valence-corrected chi connectivity index (χ0v) is 12.7. The molecule has 0 aliphatic rings. The number of nitrogens with zero attached hydrogens (tertiary/aromatic N) is 5. The highest BCUT2D eigenvalue weighted by Gasteiger charge is 2.12. The SMILES string of the molecule is O=c1ccn(Cc2cn(-c3ccc(F)c(Cl)c3)nn2)cc1[N+](=O)[O-]. The second-order valence-electron chi connectivity index (χ2n) is 4.88. The number of pyridine rings is 1. The van der Waals surface area contributed by atoms with E-state index in [4.69, 9.17) is 11.6 Å². The quantitative estimate of drug-likeness (QED) is 0.531. The van der Waals surface area contributed by atoms with Crippen molar-refractivity contribution >= 4 is 17.3 Å². The van der Waals surface area contributed by atoms with Crippen LogP contribution >= 0.6 is 11.6 Å². The first-order valence-electron chi connectivity index (χ1n) is 6.65. The van der Waals surface area contributed by atoms with Crippen LogP contribution in [0.5, 0.6) is 0 Å². The van der Waals surface area contributed by atoms with Crippen LogP contribution < -0.4 is 5.43 Å². The Labute approximate surface area is 138 Å². The minimum atomic E-state index is -0.740. The van der Waals surface area contributed by atoms with Crippen molar-refractivity contribution in [2.24, 2.45) is 0 Å². The molecule has 0 atom stereocenters. The van der Waals surface area contributed by atoms with Crippen molar-refractivity contribution < 1.29 is 9.31 Å². The Morgan fingerprint density at radius 2 is 2.08 bits per heavy atom. The van der Waals surface area contributed by atoms with E-state index < -0.39 is 21.9 Å². The molecule has 0 saturated carbocycles. The van der Waals surface area contributed by atoms with Gasteiger partial charge in [0.15, 0.2) is 0 Å². The monoisotopic (exact) mass is 349 g/mol. The molecule has 3 rings (SSSR count). The number of halogens is 2. The summed E-state index contributed by atoms with van der Waals surface area (Å²) >= 11 is 5.73. The third-order valence-electron chi connectivity index (χ3n) is 3.21. The molecule has 0 aliphatic heterocycles. The maximum absolute atomic E-state index is 13.2. The van der Waals surface area contributed by atoms with Crippen LogP contribution in [0.1, 0.15) is 5.69 Å². The first-order valence-corrected chi connectivity index (χ1v) is 7.03. The van der Waals surface area contributed by atoms with E-state index in [0.29, 0.717) is 11.4 Å². The summed E-state index contributed by atoms with van der Waals surface area (Å²) < 4.78 is 16.0. The van der Waals surface area contributed by atoms with Gasteiger partial charge in [-0.1, -0.05) is 16.8 Å². The molecule has 0 fully saturated rings. The van der Waals surface area contributed by atoms with Crippen LogP contribution in [0.25, 0.3) is 5.69 Å². The van der Waals surface area contributed by atoms with Gasteiger partial charge in [0.05, 0.1) is 34.6 Å². The van der Waals surface area contributed by atoms with Gasteiger partial charge in [0.25, 0.3) is 5.43 Å². The predicted octanol–water partition coefficient (Wildman–Crippen LogP) is 2.18. The van der Waals surface area contributed by atoms with Gasteiger partial charge in [-0.05, 0) is 18.2 Å². The van der Waals surface area contributed by atoms with Gasteiger partial charge in [0.1, 0.15) is 11.5 Å². The first kappa shape index (κ1) is 15.8. The van der Waals surface area contributed by atoms with Crippen LogP contribution in [0.3, 0.4) is 0 Å². The zero-order chi connectivity index (χ0) is 17.3. The Kier molecular flexibility index (Phi) is 4.09. The fourth-order valence-corrected chi connectivity index (χ4v) is 2.23. The highest BCUT2D eigenvalue weighted by molar-refractivity contribution is 6.30. The standard InChI is InChI=1S/C14H9ClFN5O3/c15-11-5-10(1-2-12(11)16)20-7-9(17-18-20)6-19-4-3-14(22)13(8-19)21(23)24/h1-5,7-8H,6H2. The number of benzene rings is 1. The summed E-state index contributed by atoms with van der Waals surface area (Å²) in [5, 5.41) is 18.6. The molecule has 2 aromatic heterocycles. The maximum Gasteiger partial charge on any atom is 0.332 e.